The van der Waals surface area contributed by atoms with Gasteiger partial charge in [0.05, 0.1) is 11.5 Å². The molecule has 1 aliphatic rings. The highest BCUT2D eigenvalue weighted by molar-refractivity contribution is 5.60. The fraction of sp³-hybridized carbons (Fsp3) is 0.462. The lowest BCUT2D eigenvalue weighted by Crippen LogP contribution is -2.43. The molecule has 0 fully saturated rings. The van der Waals surface area contributed by atoms with Crippen LogP contribution in [0.3, 0.4) is 0 Å². The maximum atomic E-state index is 9.35. The van der Waals surface area contributed by atoms with Gasteiger partial charge in [-0.3, -0.25) is 0 Å². The van der Waals surface area contributed by atoms with Crippen molar-refractivity contribution < 1.29 is 0 Å². The highest BCUT2D eigenvalue weighted by Crippen LogP contribution is 2.42. The Hall–Kier alpha value is -1.49. The largest absolute Gasteiger partial charge is 0.380 e. The van der Waals surface area contributed by atoms with Crippen molar-refractivity contribution in [2.45, 2.75) is 38.1 Å². The van der Waals surface area contributed by atoms with Crippen LogP contribution in [0.2, 0.25) is 0 Å². The average Bonchev–Trinajstić information content (AvgIpc) is 2.16. The van der Waals surface area contributed by atoms with Crippen LogP contribution < -0.4 is 5.32 Å². The second-order valence-electron chi connectivity index (χ2n) is 5.18. The predicted molar refractivity (Wildman–Crippen MR) is 61.7 cm³/mol. The molecule has 1 unspecified atom stereocenters. The van der Waals surface area contributed by atoms with Crippen molar-refractivity contribution in [2.75, 3.05) is 5.32 Å². The minimum absolute atomic E-state index is 0.0150. The second kappa shape index (κ2) is 3.00. The van der Waals surface area contributed by atoms with Crippen molar-refractivity contribution >= 4 is 5.69 Å². The number of rotatable bonds is 0. The molecule has 0 saturated heterocycles. The minimum Gasteiger partial charge on any atom is -0.380 e. The van der Waals surface area contributed by atoms with Gasteiger partial charge in [-0.25, -0.2) is 0 Å². The summed E-state index contributed by atoms with van der Waals surface area (Å²) in [5, 5.41) is 12.8. The molecule has 1 atom stereocenters. The number of para-hydroxylation sites is 1. The molecule has 0 bridgehead atoms. The summed E-state index contributed by atoms with van der Waals surface area (Å²) in [6.07, 6.45) is 0.841. The summed E-state index contributed by atoms with van der Waals surface area (Å²) in [6.45, 7) is 6.30. The number of hydrogen-bond acceptors (Lipinski definition) is 2. The molecule has 0 spiro atoms. The van der Waals surface area contributed by atoms with E-state index in [9.17, 15) is 5.26 Å². The molecule has 15 heavy (non-hydrogen) atoms. The molecule has 0 amide bonds. The van der Waals surface area contributed by atoms with Crippen molar-refractivity contribution in [1.29, 1.82) is 5.26 Å². The Kier molecular flexibility index (Phi) is 2.01. The van der Waals surface area contributed by atoms with Gasteiger partial charge in [-0.15, -0.1) is 0 Å². The zero-order valence-corrected chi connectivity index (χ0v) is 9.46. The molecule has 2 rings (SSSR count). The van der Waals surface area contributed by atoms with E-state index in [2.05, 4.69) is 25.2 Å². The van der Waals surface area contributed by atoms with E-state index in [-0.39, 0.29) is 11.0 Å². The van der Waals surface area contributed by atoms with E-state index in [0.29, 0.717) is 0 Å². The molecule has 1 heterocycles. The lowest BCUT2D eigenvalue weighted by atomic mass is 9.71. The number of fused-ring (bicyclic) bond motifs is 1. The first-order valence-electron chi connectivity index (χ1n) is 5.26. The van der Waals surface area contributed by atoms with Gasteiger partial charge in [0, 0.05) is 11.2 Å². The third kappa shape index (κ3) is 1.59. The van der Waals surface area contributed by atoms with Crippen LogP contribution in [0.1, 0.15) is 32.8 Å². The lowest BCUT2D eigenvalue weighted by Gasteiger charge is -2.41. The molecule has 1 aromatic rings. The van der Waals surface area contributed by atoms with Gasteiger partial charge in [0.2, 0.25) is 0 Å². The van der Waals surface area contributed by atoms with Gasteiger partial charge in [-0.2, -0.15) is 5.26 Å². The lowest BCUT2D eigenvalue weighted by molar-refractivity contribution is 0.395. The van der Waals surface area contributed by atoms with Crippen molar-refractivity contribution in [3.05, 3.63) is 29.8 Å². The van der Waals surface area contributed by atoms with Gasteiger partial charge in [0.1, 0.15) is 0 Å². The Morgan fingerprint density at radius 1 is 1.27 bits per heavy atom. The molecule has 0 radical (unpaired) electrons. The number of nitrogens with one attached hydrogen (secondary N) is 1. The van der Waals surface area contributed by atoms with Crippen molar-refractivity contribution in [3.63, 3.8) is 0 Å². The molecular weight excluding hydrogens is 184 g/mol. The van der Waals surface area contributed by atoms with E-state index in [1.54, 1.807) is 0 Å². The average molecular weight is 200 g/mol. The number of benzene rings is 1. The van der Waals surface area contributed by atoms with Crippen LogP contribution in [0, 0.1) is 11.3 Å². The zero-order valence-electron chi connectivity index (χ0n) is 9.46. The van der Waals surface area contributed by atoms with Crippen LogP contribution in [0.5, 0.6) is 0 Å². The van der Waals surface area contributed by atoms with Crippen LogP contribution >= 0.6 is 0 Å². The first-order chi connectivity index (χ1) is 6.97. The Morgan fingerprint density at radius 3 is 2.60 bits per heavy atom. The topological polar surface area (TPSA) is 35.8 Å². The number of anilines is 1. The van der Waals surface area contributed by atoms with Gasteiger partial charge in [-0.05, 0) is 38.8 Å². The Morgan fingerprint density at radius 2 is 1.93 bits per heavy atom. The first kappa shape index (κ1) is 10.0. The summed E-state index contributed by atoms with van der Waals surface area (Å²) in [6, 6.07) is 10.5. The molecule has 78 valence electrons. The molecule has 0 saturated carbocycles. The standard InChI is InChI=1S/C13H16N2/c1-12(2)8-13(3,9-14)10-6-4-5-7-11(10)15-12/h4-7,15H,8H2,1-3H3. The summed E-state index contributed by atoms with van der Waals surface area (Å²) >= 11 is 0. The highest BCUT2D eigenvalue weighted by atomic mass is 15.0. The Labute approximate surface area is 90.9 Å². The quantitative estimate of drug-likeness (QED) is 0.698. The molecule has 2 heteroatoms. The number of nitriles is 1. The van der Waals surface area contributed by atoms with Gasteiger partial charge in [0.25, 0.3) is 0 Å². The van der Waals surface area contributed by atoms with E-state index in [1.807, 2.05) is 31.2 Å². The van der Waals surface area contributed by atoms with E-state index < -0.39 is 0 Å². The van der Waals surface area contributed by atoms with Gasteiger partial charge >= 0.3 is 0 Å². The second-order valence-corrected chi connectivity index (χ2v) is 5.18. The van der Waals surface area contributed by atoms with Gasteiger partial charge < -0.3 is 5.32 Å². The predicted octanol–water partition coefficient (Wildman–Crippen LogP) is 3.06. The number of nitrogens with zero attached hydrogens (tertiary/aromatic N) is 1. The van der Waals surface area contributed by atoms with E-state index in [1.165, 1.54) is 0 Å². The summed E-state index contributed by atoms with van der Waals surface area (Å²) in [7, 11) is 0. The fourth-order valence-corrected chi connectivity index (χ4v) is 2.56. The first-order valence-corrected chi connectivity index (χ1v) is 5.26. The van der Waals surface area contributed by atoms with Crippen LogP contribution in [-0.4, -0.2) is 5.54 Å². The SMILES string of the molecule is CC1(C)CC(C)(C#N)c2ccccc2N1. The zero-order chi connectivity index (χ0) is 11.1. The van der Waals surface area contributed by atoms with Crippen molar-refractivity contribution in [1.82, 2.24) is 0 Å². The molecule has 0 aliphatic carbocycles. The van der Waals surface area contributed by atoms with Gasteiger partial charge in [0.15, 0.2) is 0 Å². The van der Waals surface area contributed by atoms with E-state index in [0.717, 1.165) is 17.7 Å². The molecule has 2 nitrogen and oxygen atoms in total. The maximum absolute atomic E-state index is 9.35. The highest BCUT2D eigenvalue weighted by Gasteiger charge is 2.40. The van der Waals surface area contributed by atoms with Crippen LogP contribution in [0.25, 0.3) is 0 Å². The van der Waals surface area contributed by atoms with Crippen molar-refractivity contribution in [2.24, 2.45) is 0 Å². The number of hydrogen-bond donors (Lipinski definition) is 1. The normalized spacial score (nSPS) is 27.3. The van der Waals surface area contributed by atoms with Crippen molar-refractivity contribution in [3.8, 4) is 6.07 Å². The monoisotopic (exact) mass is 200 g/mol. The van der Waals surface area contributed by atoms with Crippen LogP contribution in [0.15, 0.2) is 24.3 Å². The molecule has 1 N–H and O–H groups in total. The van der Waals surface area contributed by atoms with Crippen LogP contribution in [0.4, 0.5) is 5.69 Å². The van der Waals surface area contributed by atoms with E-state index in [4.69, 9.17) is 0 Å². The molecule has 1 aromatic carbocycles. The fourth-order valence-electron chi connectivity index (χ4n) is 2.56. The van der Waals surface area contributed by atoms with Crippen LogP contribution in [-0.2, 0) is 5.41 Å². The summed E-state index contributed by atoms with van der Waals surface area (Å²) < 4.78 is 0. The molecule has 1 aliphatic heterocycles. The Bertz CT molecular complexity index is 428. The van der Waals surface area contributed by atoms with E-state index >= 15 is 0 Å². The molecular formula is C13H16N2. The third-order valence-electron chi connectivity index (χ3n) is 3.04. The molecule has 0 aromatic heterocycles. The summed E-state index contributed by atoms with van der Waals surface area (Å²) in [5.74, 6) is 0. The smallest absolute Gasteiger partial charge is 0.0836 e. The summed E-state index contributed by atoms with van der Waals surface area (Å²) in [4.78, 5) is 0. The maximum Gasteiger partial charge on any atom is 0.0836 e. The third-order valence-corrected chi connectivity index (χ3v) is 3.04. The summed E-state index contributed by atoms with van der Waals surface area (Å²) in [5.41, 5.74) is 1.83. The Balaban J connectivity index is 2.59. The minimum atomic E-state index is -0.370. The van der Waals surface area contributed by atoms with Gasteiger partial charge in [-0.1, -0.05) is 18.2 Å².